The maximum absolute atomic E-state index is 12.2. The molecular formula is C17H19ClF3NO2. The fraction of sp³-hybridized carbons (Fsp3) is 0.294. The zero-order valence-electron chi connectivity index (χ0n) is 12.8. The van der Waals surface area contributed by atoms with Crippen LogP contribution in [-0.4, -0.2) is 11.3 Å². The Morgan fingerprint density at radius 1 is 1.08 bits per heavy atom. The standard InChI is InChI=1S/C17H18F3NO2.ClH/c18-17(19,20)9-8-15(21)14-7-6-13(10-16(14)22)23-11-12-4-2-1-3-5-12;/h1-7,10,15,22H,8-9,11,21H2;1H/t15-;/m1./s1. The summed E-state index contributed by atoms with van der Waals surface area (Å²) in [6.07, 6.45) is -5.52. The van der Waals surface area contributed by atoms with Crippen LogP contribution in [0.4, 0.5) is 13.2 Å². The van der Waals surface area contributed by atoms with Gasteiger partial charge in [-0.1, -0.05) is 36.4 Å². The second-order valence-electron chi connectivity index (χ2n) is 5.26. The molecule has 0 saturated heterocycles. The molecule has 0 amide bonds. The van der Waals surface area contributed by atoms with Gasteiger partial charge in [0.05, 0.1) is 0 Å². The zero-order chi connectivity index (χ0) is 16.9. The number of hydrogen-bond donors (Lipinski definition) is 2. The van der Waals surface area contributed by atoms with E-state index >= 15 is 0 Å². The number of aromatic hydroxyl groups is 1. The van der Waals surface area contributed by atoms with E-state index in [4.69, 9.17) is 10.5 Å². The molecule has 0 aliphatic carbocycles. The minimum Gasteiger partial charge on any atom is -0.507 e. The van der Waals surface area contributed by atoms with Crippen LogP contribution in [0.2, 0.25) is 0 Å². The van der Waals surface area contributed by atoms with E-state index in [1.165, 1.54) is 12.1 Å². The average molecular weight is 362 g/mol. The van der Waals surface area contributed by atoms with Crippen LogP contribution >= 0.6 is 12.4 Å². The van der Waals surface area contributed by atoms with Gasteiger partial charge >= 0.3 is 6.18 Å². The van der Waals surface area contributed by atoms with Gasteiger partial charge in [0.1, 0.15) is 18.1 Å². The molecule has 1 atom stereocenters. The number of alkyl halides is 3. The third-order valence-electron chi connectivity index (χ3n) is 3.39. The molecule has 0 radical (unpaired) electrons. The lowest BCUT2D eigenvalue weighted by molar-refractivity contribution is -0.136. The van der Waals surface area contributed by atoms with Gasteiger partial charge in [0, 0.05) is 24.1 Å². The lowest BCUT2D eigenvalue weighted by Crippen LogP contribution is -2.16. The molecule has 0 fully saturated rings. The minimum absolute atomic E-state index is 0. The van der Waals surface area contributed by atoms with Gasteiger partial charge in [-0.3, -0.25) is 0 Å². The molecule has 24 heavy (non-hydrogen) atoms. The molecule has 7 heteroatoms. The van der Waals surface area contributed by atoms with Crippen molar-refractivity contribution in [3.63, 3.8) is 0 Å². The van der Waals surface area contributed by atoms with Crippen molar-refractivity contribution in [3.05, 3.63) is 59.7 Å². The van der Waals surface area contributed by atoms with Gasteiger partial charge in [-0.05, 0) is 18.1 Å². The van der Waals surface area contributed by atoms with Crippen molar-refractivity contribution in [1.82, 2.24) is 0 Å². The molecule has 2 aromatic rings. The van der Waals surface area contributed by atoms with E-state index in [9.17, 15) is 18.3 Å². The highest BCUT2D eigenvalue weighted by Crippen LogP contribution is 2.32. The SMILES string of the molecule is Cl.N[C@H](CCC(F)(F)F)c1ccc(OCc2ccccc2)cc1O. The maximum Gasteiger partial charge on any atom is 0.389 e. The van der Waals surface area contributed by atoms with Crippen LogP contribution in [0.25, 0.3) is 0 Å². The van der Waals surface area contributed by atoms with Crippen molar-refractivity contribution in [2.24, 2.45) is 5.73 Å². The van der Waals surface area contributed by atoms with E-state index < -0.39 is 18.6 Å². The van der Waals surface area contributed by atoms with Crippen LogP contribution in [0, 0.1) is 0 Å². The molecule has 0 aromatic heterocycles. The van der Waals surface area contributed by atoms with Gasteiger partial charge in [-0.2, -0.15) is 13.2 Å². The molecule has 0 saturated carbocycles. The van der Waals surface area contributed by atoms with Gasteiger partial charge in [0.2, 0.25) is 0 Å². The lowest BCUT2D eigenvalue weighted by atomic mass is 10.0. The van der Waals surface area contributed by atoms with Crippen molar-refractivity contribution in [2.45, 2.75) is 31.7 Å². The quantitative estimate of drug-likeness (QED) is 0.781. The van der Waals surface area contributed by atoms with E-state index in [-0.39, 0.29) is 30.1 Å². The lowest BCUT2D eigenvalue weighted by Gasteiger charge is -2.16. The Bertz CT molecular complexity index is 635. The molecule has 0 aliphatic heterocycles. The number of hydrogen-bond acceptors (Lipinski definition) is 3. The summed E-state index contributed by atoms with van der Waals surface area (Å²) in [6.45, 7) is 0.333. The molecule has 132 valence electrons. The summed E-state index contributed by atoms with van der Waals surface area (Å²) in [7, 11) is 0. The zero-order valence-corrected chi connectivity index (χ0v) is 13.6. The van der Waals surface area contributed by atoms with E-state index in [0.29, 0.717) is 12.4 Å². The van der Waals surface area contributed by atoms with Gasteiger partial charge in [-0.15, -0.1) is 12.4 Å². The number of phenolic OH excluding ortho intramolecular Hbond substituents is 1. The Hall–Kier alpha value is -1.92. The Labute approximate surface area is 144 Å². The average Bonchev–Trinajstić information content (AvgIpc) is 2.51. The highest BCUT2D eigenvalue weighted by Gasteiger charge is 2.28. The van der Waals surface area contributed by atoms with E-state index in [1.807, 2.05) is 30.3 Å². The smallest absolute Gasteiger partial charge is 0.389 e. The largest absolute Gasteiger partial charge is 0.507 e. The summed E-state index contributed by atoms with van der Waals surface area (Å²) in [5.74, 6) is 0.267. The molecule has 0 heterocycles. The van der Waals surface area contributed by atoms with Crippen molar-refractivity contribution < 1.29 is 23.0 Å². The number of nitrogens with two attached hydrogens (primary N) is 1. The van der Waals surface area contributed by atoms with Gasteiger partial charge in [0.25, 0.3) is 0 Å². The third kappa shape index (κ3) is 6.29. The Morgan fingerprint density at radius 3 is 2.33 bits per heavy atom. The van der Waals surface area contributed by atoms with Gasteiger partial charge < -0.3 is 15.6 Å². The van der Waals surface area contributed by atoms with Crippen molar-refractivity contribution in [2.75, 3.05) is 0 Å². The Morgan fingerprint density at radius 2 is 1.75 bits per heavy atom. The monoisotopic (exact) mass is 361 g/mol. The second kappa shape index (κ2) is 8.80. The van der Waals surface area contributed by atoms with Gasteiger partial charge in [-0.25, -0.2) is 0 Å². The topological polar surface area (TPSA) is 55.5 Å². The molecule has 3 N–H and O–H groups in total. The predicted octanol–water partition coefficient (Wildman–Crippen LogP) is 4.74. The van der Waals surface area contributed by atoms with E-state index in [2.05, 4.69) is 0 Å². The predicted molar refractivity (Wildman–Crippen MR) is 88.3 cm³/mol. The molecule has 2 rings (SSSR count). The van der Waals surface area contributed by atoms with E-state index in [1.54, 1.807) is 6.07 Å². The number of benzene rings is 2. The summed E-state index contributed by atoms with van der Waals surface area (Å²) in [5.41, 5.74) is 6.97. The van der Waals surface area contributed by atoms with Crippen molar-refractivity contribution >= 4 is 12.4 Å². The van der Waals surface area contributed by atoms with Crippen LogP contribution in [-0.2, 0) is 6.61 Å². The highest BCUT2D eigenvalue weighted by molar-refractivity contribution is 5.85. The molecule has 0 unspecified atom stereocenters. The van der Waals surface area contributed by atoms with Crippen LogP contribution in [0.15, 0.2) is 48.5 Å². The van der Waals surface area contributed by atoms with Crippen LogP contribution in [0.1, 0.15) is 30.0 Å². The number of halogens is 4. The molecule has 0 spiro atoms. The van der Waals surface area contributed by atoms with E-state index in [0.717, 1.165) is 5.56 Å². The molecule has 2 aromatic carbocycles. The first kappa shape index (κ1) is 20.1. The molecule has 0 bridgehead atoms. The number of phenols is 1. The summed E-state index contributed by atoms with van der Waals surface area (Å²) < 4.78 is 42.2. The molecule has 3 nitrogen and oxygen atoms in total. The summed E-state index contributed by atoms with van der Waals surface area (Å²) in [6, 6.07) is 13.1. The Kier molecular flexibility index (Phi) is 7.38. The van der Waals surface area contributed by atoms with Crippen molar-refractivity contribution in [1.29, 1.82) is 0 Å². The second-order valence-corrected chi connectivity index (χ2v) is 5.26. The number of ether oxygens (including phenoxy) is 1. The normalized spacial score (nSPS) is 12.3. The van der Waals surface area contributed by atoms with Crippen LogP contribution < -0.4 is 10.5 Å². The first-order valence-corrected chi connectivity index (χ1v) is 7.17. The molecular weight excluding hydrogens is 343 g/mol. The molecule has 0 aliphatic rings. The van der Waals surface area contributed by atoms with Gasteiger partial charge in [0.15, 0.2) is 0 Å². The van der Waals surface area contributed by atoms with Crippen LogP contribution in [0.5, 0.6) is 11.5 Å². The maximum atomic E-state index is 12.2. The first-order valence-electron chi connectivity index (χ1n) is 7.17. The summed E-state index contributed by atoms with van der Waals surface area (Å²) >= 11 is 0. The first-order chi connectivity index (χ1) is 10.8. The Balaban J connectivity index is 0.00000288. The fourth-order valence-electron chi connectivity index (χ4n) is 2.14. The fourth-order valence-corrected chi connectivity index (χ4v) is 2.14. The summed E-state index contributed by atoms with van der Waals surface area (Å²) in [5, 5.41) is 9.95. The number of rotatable bonds is 6. The summed E-state index contributed by atoms with van der Waals surface area (Å²) in [4.78, 5) is 0. The van der Waals surface area contributed by atoms with Crippen LogP contribution in [0.3, 0.4) is 0 Å². The minimum atomic E-state index is -4.26. The third-order valence-corrected chi connectivity index (χ3v) is 3.39. The van der Waals surface area contributed by atoms with Crippen molar-refractivity contribution in [3.8, 4) is 11.5 Å². The highest BCUT2D eigenvalue weighted by atomic mass is 35.5.